The monoisotopic (exact) mass is 415 g/mol. The molecule has 8 heteroatoms. The Bertz CT molecular complexity index is 541. The van der Waals surface area contributed by atoms with Crippen LogP contribution in [-0.4, -0.2) is 35.5 Å². The van der Waals surface area contributed by atoms with Crippen LogP contribution >= 0.6 is 48.0 Å². The largest absolute Gasteiger partial charge is 0.352 e. The van der Waals surface area contributed by atoms with Gasteiger partial charge in [0.2, 0.25) is 5.91 Å². The summed E-state index contributed by atoms with van der Waals surface area (Å²) < 4.78 is 0. The van der Waals surface area contributed by atoms with Gasteiger partial charge in [0.05, 0.1) is 15.6 Å². The maximum Gasteiger partial charge on any atom is 0.239 e. The fourth-order valence-corrected chi connectivity index (χ4v) is 2.82. The molecule has 1 saturated heterocycles. The summed E-state index contributed by atoms with van der Waals surface area (Å²) in [4.78, 5) is 14.3. The van der Waals surface area contributed by atoms with Gasteiger partial charge < -0.3 is 11.1 Å². The van der Waals surface area contributed by atoms with E-state index < -0.39 is 5.54 Å². The Hall–Kier alpha value is -0.230. The molecule has 24 heavy (non-hydrogen) atoms. The molecule has 138 valence electrons. The molecule has 2 rings (SSSR count). The minimum absolute atomic E-state index is 0. The van der Waals surface area contributed by atoms with E-state index in [0.29, 0.717) is 10.0 Å². The van der Waals surface area contributed by atoms with E-state index in [1.165, 1.54) is 0 Å². The Balaban J connectivity index is 0.00000264. The van der Waals surface area contributed by atoms with Crippen LogP contribution in [0.1, 0.15) is 32.3 Å². The van der Waals surface area contributed by atoms with Crippen molar-refractivity contribution in [2.75, 3.05) is 13.1 Å². The second-order valence-corrected chi connectivity index (χ2v) is 7.31. The minimum Gasteiger partial charge on any atom is -0.352 e. The third-order valence-corrected chi connectivity index (χ3v) is 4.64. The molecule has 0 atom stereocenters. The zero-order valence-electron chi connectivity index (χ0n) is 13.9. The Labute approximate surface area is 166 Å². The molecule has 1 aromatic rings. The minimum atomic E-state index is -0.822. The van der Waals surface area contributed by atoms with Crippen molar-refractivity contribution >= 4 is 53.9 Å². The Kier molecular flexibility index (Phi) is 9.95. The highest BCUT2D eigenvalue weighted by molar-refractivity contribution is 6.42. The molecule has 0 saturated carbocycles. The third-order valence-electron chi connectivity index (χ3n) is 3.90. The summed E-state index contributed by atoms with van der Waals surface area (Å²) in [6.07, 6.45) is 1.87. The van der Waals surface area contributed by atoms with E-state index in [4.69, 9.17) is 28.9 Å². The lowest BCUT2D eigenvalue weighted by Gasteiger charge is -2.33. The van der Waals surface area contributed by atoms with Crippen molar-refractivity contribution in [3.8, 4) is 0 Å². The predicted octanol–water partition coefficient (Wildman–Crippen LogP) is 3.65. The van der Waals surface area contributed by atoms with Crippen LogP contribution < -0.4 is 11.1 Å². The average Bonchev–Trinajstić information content (AvgIpc) is 2.44. The molecule has 1 fully saturated rings. The van der Waals surface area contributed by atoms with Gasteiger partial charge in [-0.3, -0.25) is 9.69 Å². The molecule has 1 amide bonds. The standard InChI is InChI=1S/C16H23Cl2N3O.2ClH/c1-16(2,19)15(22)20-12-5-7-21(8-6-12)10-11-3-4-13(17)14(18)9-11;;/h3-4,9,12H,5-8,10,19H2,1-2H3,(H,20,22);2*1H. The van der Waals surface area contributed by atoms with Gasteiger partial charge in [0.1, 0.15) is 0 Å². The fourth-order valence-electron chi connectivity index (χ4n) is 2.50. The van der Waals surface area contributed by atoms with E-state index in [2.05, 4.69) is 10.2 Å². The number of nitrogens with zero attached hydrogens (tertiary/aromatic N) is 1. The number of nitrogens with one attached hydrogen (secondary N) is 1. The first-order valence-electron chi connectivity index (χ1n) is 7.52. The molecule has 1 aliphatic rings. The molecule has 0 radical (unpaired) electrons. The summed E-state index contributed by atoms with van der Waals surface area (Å²) in [7, 11) is 0. The lowest BCUT2D eigenvalue weighted by atomic mass is 10.0. The maximum atomic E-state index is 11.9. The van der Waals surface area contributed by atoms with Crippen molar-refractivity contribution in [2.24, 2.45) is 5.73 Å². The number of halogens is 4. The van der Waals surface area contributed by atoms with E-state index in [1.807, 2.05) is 18.2 Å². The Morgan fingerprint density at radius 3 is 2.33 bits per heavy atom. The van der Waals surface area contributed by atoms with Crippen molar-refractivity contribution in [3.63, 3.8) is 0 Å². The van der Waals surface area contributed by atoms with E-state index in [-0.39, 0.29) is 36.8 Å². The number of hydrogen-bond acceptors (Lipinski definition) is 3. The van der Waals surface area contributed by atoms with Gasteiger partial charge in [-0.15, -0.1) is 24.8 Å². The molecular formula is C16H25Cl4N3O. The van der Waals surface area contributed by atoms with Crippen molar-refractivity contribution in [2.45, 2.75) is 44.8 Å². The Morgan fingerprint density at radius 1 is 1.25 bits per heavy atom. The summed E-state index contributed by atoms with van der Waals surface area (Å²) in [5, 5.41) is 4.20. The van der Waals surface area contributed by atoms with Crippen LogP contribution in [0.2, 0.25) is 10.0 Å². The highest BCUT2D eigenvalue weighted by Crippen LogP contribution is 2.24. The third kappa shape index (κ3) is 6.95. The van der Waals surface area contributed by atoms with Crippen LogP contribution in [0.15, 0.2) is 18.2 Å². The molecule has 3 N–H and O–H groups in total. The summed E-state index contributed by atoms with van der Waals surface area (Å²) in [6, 6.07) is 5.95. The summed E-state index contributed by atoms with van der Waals surface area (Å²) >= 11 is 12.0. The van der Waals surface area contributed by atoms with Gasteiger partial charge in [0, 0.05) is 25.7 Å². The molecule has 0 aromatic heterocycles. The van der Waals surface area contributed by atoms with Gasteiger partial charge in [-0.1, -0.05) is 29.3 Å². The van der Waals surface area contributed by atoms with Crippen LogP contribution in [0, 0.1) is 0 Å². The molecule has 0 spiro atoms. The summed E-state index contributed by atoms with van der Waals surface area (Å²) in [5.74, 6) is -0.0876. The molecule has 0 bridgehead atoms. The number of likely N-dealkylation sites (tertiary alicyclic amines) is 1. The number of rotatable bonds is 4. The molecular weight excluding hydrogens is 392 g/mol. The summed E-state index contributed by atoms with van der Waals surface area (Å²) in [5.41, 5.74) is 6.14. The van der Waals surface area contributed by atoms with Gasteiger partial charge in [-0.2, -0.15) is 0 Å². The van der Waals surface area contributed by atoms with Gasteiger partial charge in [0.15, 0.2) is 0 Å². The zero-order valence-corrected chi connectivity index (χ0v) is 17.0. The second-order valence-electron chi connectivity index (χ2n) is 6.49. The molecule has 0 aliphatic carbocycles. The van der Waals surface area contributed by atoms with Crippen LogP contribution in [0.25, 0.3) is 0 Å². The molecule has 1 aromatic carbocycles. The molecule has 4 nitrogen and oxygen atoms in total. The predicted molar refractivity (Wildman–Crippen MR) is 106 cm³/mol. The first-order valence-corrected chi connectivity index (χ1v) is 8.27. The van der Waals surface area contributed by atoms with Crippen LogP contribution in [0.4, 0.5) is 0 Å². The number of carbonyl (C=O) groups excluding carboxylic acids is 1. The van der Waals surface area contributed by atoms with Crippen molar-refractivity contribution in [1.82, 2.24) is 10.2 Å². The van der Waals surface area contributed by atoms with E-state index in [9.17, 15) is 4.79 Å². The zero-order chi connectivity index (χ0) is 16.3. The van der Waals surface area contributed by atoms with Crippen molar-refractivity contribution < 1.29 is 4.79 Å². The first-order chi connectivity index (χ1) is 10.3. The fraction of sp³-hybridized carbons (Fsp3) is 0.562. The van der Waals surface area contributed by atoms with Gasteiger partial charge in [-0.05, 0) is 44.4 Å². The number of amides is 1. The van der Waals surface area contributed by atoms with Gasteiger partial charge in [-0.25, -0.2) is 0 Å². The second kappa shape index (κ2) is 10.0. The van der Waals surface area contributed by atoms with E-state index >= 15 is 0 Å². The molecule has 0 unspecified atom stereocenters. The van der Waals surface area contributed by atoms with Crippen LogP contribution in [-0.2, 0) is 11.3 Å². The van der Waals surface area contributed by atoms with Gasteiger partial charge >= 0.3 is 0 Å². The number of benzene rings is 1. The SMILES string of the molecule is CC(C)(N)C(=O)NC1CCN(Cc2ccc(Cl)c(Cl)c2)CC1.Cl.Cl. The number of nitrogens with two attached hydrogens (primary N) is 1. The van der Waals surface area contributed by atoms with Gasteiger partial charge in [0.25, 0.3) is 0 Å². The number of piperidine rings is 1. The van der Waals surface area contributed by atoms with Crippen molar-refractivity contribution in [1.29, 1.82) is 0 Å². The molecule has 1 heterocycles. The number of hydrogen-bond donors (Lipinski definition) is 2. The summed E-state index contributed by atoms with van der Waals surface area (Å²) in [6.45, 7) is 6.18. The highest BCUT2D eigenvalue weighted by Gasteiger charge is 2.26. The molecule has 1 aliphatic heterocycles. The Morgan fingerprint density at radius 2 is 1.83 bits per heavy atom. The van der Waals surface area contributed by atoms with Crippen molar-refractivity contribution in [3.05, 3.63) is 33.8 Å². The lowest BCUT2D eigenvalue weighted by Crippen LogP contribution is -2.54. The lowest BCUT2D eigenvalue weighted by molar-refractivity contribution is -0.126. The highest BCUT2D eigenvalue weighted by atomic mass is 35.5. The normalized spacial score (nSPS) is 16.0. The van der Waals surface area contributed by atoms with Crippen LogP contribution in [0.3, 0.4) is 0 Å². The maximum absolute atomic E-state index is 11.9. The van der Waals surface area contributed by atoms with E-state index in [1.54, 1.807) is 13.8 Å². The first kappa shape index (κ1) is 23.8. The smallest absolute Gasteiger partial charge is 0.239 e. The quantitative estimate of drug-likeness (QED) is 0.787. The average molecular weight is 417 g/mol. The number of carbonyl (C=O) groups is 1. The van der Waals surface area contributed by atoms with E-state index in [0.717, 1.165) is 38.0 Å². The topological polar surface area (TPSA) is 58.4 Å². The van der Waals surface area contributed by atoms with Crippen LogP contribution in [0.5, 0.6) is 0 Å².